The third kappa shape index (κ3) is 13.3. The molecule has 0 unspecified atom stereocenters. The number of hydrogen-bond acceptors (Lipinski definition) is 10. The topological polar surface area (TPSA) is 267 Å². The third-order valence-electron chi connectivity index (χ3n) is 15.6. The predicted octanol–water partition coefficient (Wildman–Crippen LogP) is 4.01. The van der Waals surface area contributed by atoms with Gasteiger partial charge < -0.3 is 53.2 Å². The summed E-state index contributed by atoms with van der Waals surface area (Å²) in [7, 11) is 0. The molecule has 18 heteroatoms. The molecule has 0 aromatic heterocycles. The van der Waals surface area contributed by atoms with Gasteiger partial charge in [-0.1, -0.05) is 104 Å². The minimum atomic E-state index is -1.02. The van der Waals surface area contributed by atoms with Gasteiger partial charge in [-0.25, -0.2) is 0 Å². The first-order valence-electron chi connectivity index (χ1n) is 27.2. The van der Waals surface area contributed by atoms with Crippen LogP contribution in [0.5, 0.6) is 0 Å². The van der Waals surface area contributed by atoms with E-state index in [0.29, 0.717) is 12.8 Å². The van der Waals surface area contributed by atoms with Gasteiger partial charge in [-0.2, -0.15) is 0 Å². The first-order valence-corrected chi connectivity index (χ1v) is 27.2. The van der Waals surface area contributed by atoms with E-state index in [2.05, 4.69) is 44.0 Å². The summed E-state index contributed by atoms with van der Waals surface area (Å²) in [5.74, 6) is -3.57. The molecule has 0 bridgehead atoms. The van der Waals surface area contributed by atoms with Crippen molar-refractivity contribution in [2.45, 2.75) is 180 Å². The average molecular weight is 1050 g/mol. The molecule has 8 amide bonds. The largest absolute Gasteiger partial charge is 0.347 e. The Kier molecular flexibility index (Phi) is 18.1. The second-order valence-corrected chi connectivity index (χ2v) is 23.4. The standard InChI is InChI=1S/C58H80N10O8/c1-9-41(59)51(71)65-47(57(3,4)5)55(75)67-31-37(29-45(67)53(73)63-43-23-15-19-33-17-11-13-21-39(33)43)61-49(69)35-25-27-36(28-26-35)50(70)62-38-30-46(54(74)64-44-24-16-20-34-18-12-14-22-40(34)44)68(32-38)56(76)48(58(6,7)8)66-52(72)42(60)10-2/h11-14,17-18,21-22,25-28,37-38,41-48H,9-10,15-16,19-20,23-24,29-32,59-60H2,1-8H3,(H,61,69)(H,62,70)(H,63,73)(H,64,74)(H,65,71)(H,66,72)/t37-,38-,41-,42-,43+,44+,45-,46-,47+,48+/m0/s1. The van der Waals surface area contributed by atoms with Crippen LogP contribution < -0.4 is 43.4 Å². The maximum absolute atomic E-state index is 14.6. The zero-order chi connectivity index (χ0) is 55.2. The van der Waals surface area contributed by atoms with Crippen LogP contribution in [0.2, 0.25) is 0 Å². The van der Waals surface area contributed by atoms with Crippen LogP contribution in [0.1, 0.15) is 162 Å². The number of hydrogen-bond donors (Lipinski definition) is 8. The lowest BCUT2D eigenvalue weighted by atomic mass is 9.85. The minimum Gasteiger partial charge on any atom is -0.347 e. The molecule has 0 spiro atoms. The smallest absolute Gasteiger partial charge is 0.251 e. The molecular formula is C58H80N10O8. The van der Waals surface area contributed by atoms with Gasteiger partial charge in [-0.15, -0.1) is 0 Å². The van der Waals surface area contributed by atoms with Crippen LogP contribution in [0.15, 0.2) is 72.8 Å². The predicted molar refractivity (Wildman–Crippen MR) is 289 cm³/mol. The van der Waals surface area contributed by atoms with Gasteiger partial charge >= 0.3 is 0 Å². The van der Waals surface area contributed by atoms with E-state index >= 15 is 0 Å². The van der Waals surface area contributed by atoms with Crippen molar-refractivity contribution >= 4 is 47.3 Å². The first kappa shape index (κ1) is 57.1. The van der Waals surface area contributed by atoms with Gasteiger partial charge in [0, 0.05) is 36.3 Å². The Morgan fingerprint density at radius 3 is 1.24 bits per heavy atom. The van der Waals surface area contributed by atoms with Crippen molar-refractivity contribution in [3.05, 3.63) is 106 Å². The van der Waals surface area contributed by atoms with Gasteiger partial charge in [0.1, 0.15) is 24.2 Å². The summed E-state index contributed by atoms with van der Waals surface area (Å²) in [4.78, 5) is 115. The number of nitrogens with two attached hydrogens (primary N) is 2. The van der Waals surface area contributed by atoms with Crippen molar-refractivity contribution in [3.8, 4) is 0 Å². The molecule has 3 aromatic rings. The number of nitrogens with one attached hydrogen (secondary N) is 6. The zero-order valence-electron chi connectivity index (χ0n) is 45.5. The van der Waals surface area contributed by atoms with Crippen LogP contribution in [0, 0.1) is 10.8 Å². The van der Waals surface area contributed by atoms with Gasteiger partial charge in [-0.3, -0.25) is 38.4 Å². The molecule has 2 heterocycles. The zero-order valence-corrected chi connectivity index (χ0v) is 45.5. The summed E-state index contributed by atoms with van der Waals surface area (Å²) in [6.07, 6.45) is 5.99. The first-order chi connectivity index (χ1) is 36.0. The number of benzene rings is 3. The second kappa shape index (κ2) is 24.1. The molecule has 3 aromatic carbocycles. The van der Waals surface area contributed by atoms with Crippen LogP contribution in [0.4, 0.5) is 0 Å². The summed E-state index contributed by atoms with van der Waals surface area (Å²) >= 11 is 0. The Hall–Kier alpha value is -6.66. The molecule has 18 nitrogen and oxygen atoms in total. The van der Waals surface area contributed by atoms with Crippen molar-refractivity contribution in [2.75, 3.05) is 13.1 Å². The summed E-state index contributed by atoms with van der Waals surface area (Å²) < 4.78 is 0. The second-order valence-electron chi connectivity index (χ2n) is 23.4. The maximum atomic E-state index is 14.6. The van der Waals surface area contributed by atoms with Crippen LogP contribution >= 0.6 is 0 Å². The van der Waals surface area contributed by atoms with Gasteiger partial charge in [0.15, 0.2) is 0 Å². The summed E-state index contributed by atoms with van der Waals surface area (Å²) in [6.45, 7) is 14.5. The monoisotopic (exact) mass is 1040 g/mol. The van der Waals surface area contributed by atoms with E-state index in [-0.39, 0.29) is 61.0 Å². The lowest BCUT2D eigenvalue weighted by molar-refractivity contribution is -0.144. The van der Waals surface area contributed by atoms with E-state index in [1.807, 2.05) is 77.9 Å². The van der Waals surface area contributed by atoms with E-state index in [1.165, 1.54) is 34.1 Å². The fourth-order valence-electron chi connectivity index (χ4n) is 11.0. The summed E-state index contributed by atoms with van der Waals surface area (Å²) in [6, 6.07) is 14.6. The SMILES string of the molecule is CC[C@H](N)C(=O)N[C@H](C(=O)N1C[C@@H](NC(=O)c2ccc(C(=O)N[C@H]3C[C@@H](C(=O)N[C@@H]4CCCc5ccccc54)N(C(=O)[C@@H](NC(=O)[C@@H](N)CC)C(C)(C)C)C3)cc2)C[C@H]1C(=O)N[C@@H]1CCCc2ccccc21)C(C)(C)C. The molecule has 0 radical (unpaired) electrons. The van der Waals surface area contributed by atoms with Crippen LogP contribution in [-0.4, -0.2) is 118 Å². The summed E-state index contributed by atoms with van der Waals surface area (Å²) in [5.41, 5.74) is 15.5. The lowest BCUT2D eigenvalue weighted by Gasteiger charge is -2.36. The number of rotatable bonds is 16. The highest BCUT2D eigenvalue weighted by Gasteiger charge is 2.48. The molecule has 0 saturated carbocycles. The molecule has 2 fully saturated rings. The lowest BCUT2D eigenvalue weighted by Crippen LogP contribution is -2.59. The fraction of sp³-hybridized carbons (Fsp3) is 0.552. The molecule has 4 aliphatic rings. The number of likely N-dealkylation sites (tertiary alicyclic amines) is 2. The number of nitrogens with zero attached hydrogens (tertiary/aromatic N) is 2. The molecule has 10 N–H and O–H groups in total. The molecule has 2 aliphatic carbocycles. The quantitative estimate of drug-likeness (QED) is 0.102. The molecule has 76 heavy (non-hydrogen) atoms. The maximum Gasteiger partial charge on any atom is 0.251 e. The van der Waals surface area contributed by atoms with E-state index < -0.39 is 94.6 Å². The number of carbonyl (C=O) groups is 8. The Bertz CT molecular complexity index is 2470. The van der Waals surface area contributed by atoms with E-state index in [1.54, 1.807) is 13.8 Å². The van der Waals surface area contributed by atoms with E-state index in [0.717, 1.165) is 60.8 Å². The van der Waals surface area contributed by atoms with Crippen LogP contribution in [0.3, 0.4) is 0 Å². The normalized spacial score (nSPS) is 22.9. The summed E-state index contributed by atoms with van der Waals surface area (Å²) in [5, 5.41) is 18.1. The van der Waals surface area contributed by atoms with Gasteiger partial charge in [0.05, 0.1) is 24.2 Å². The molecule has 10 atom stereocenters. The van der Waals surface area contributed by atoms with Crippen LogP contribution in [0.25, 0.3) is 0 Å². The fourth-order valence-corrected chi connectivity index (χ4v) is 11.0. The Balaban J connectivity index is 1.06. The molecule has 7 rings (SSSR count). The van der Waals surface area contributed by atoms with Crippen molar-refractivity contribution in [3.63, 3.8) is 0 Å². The highest BCUT2D eigenvalue weighted by atomic mass is 16.2. The van der Waals surface area contributed by atoms with Crippen molar-refractivity contribution in [2.24, 2.45) is 22.3 Å². The van der Waals surface area contributed by atoms with Crippen molar-refractivity contribution < 1.29 is 38.4 Å². The van der Waals surface area contributed by atoms with Crippen molar-refractivity contribution in [1.82, 2.24) is 41.7 Å². The van der Waals surface area contributed by atoms with Gasteiger partial charge in [0.25, 0.3) is 11.8 Å². The average Bonchev–Trinajstić information content (AvgIpc) is 4.03. The number of amides is 8. The van der Waals surface area contributed by atoms with E-state index in [4.69, 9.17) is 11.5 Å². The van der Waals surface area contributed by atoms with Gasteiger partial charge in [-0.05, 0) is 122 Å². The highest BCUT2D eigenvalue weighted by molar-refractivity contribution is 5.99. The van der Waals surface area contributed by atoms with Crippen molar-refractivity contribution in [1.29, 1.82) is 0 Å². The van der Waals surface area contributed by atoms with E-state index in [9.17, 15) is 38.4 Å². The molecule has 2 aliphatic heterocycles. The highest BCUT2D eigenvalue weighted by Crippen LogP contribution is 2.34. The molecule has 410 valence electrons. The number of fused-ring (bicyclic) bond motifs is 2. The molecule has 2 saturated heterocycles. The Morgan fingerprint density at radius 1 is 0.539 bits per heavy atom. The number of carbonyl (C=O) groups excluding carboxylic acids is 8. The number of aryl methyl sites for hydroxylation is 2. The Labute approximate surface area is 447 Å². The molecular weight excluding hydrogens is 965 g/mol. The third-order valence-corrected chi connectivity index (χ3v) is 15.6. The van der Waals surface area contributed by atoms with Gasteiger partial charge in [0.2, 0.25) is 35.4 Å². The van der Waals surface area contributed by atoms with Crippen LogP contribution in [-0.2, 0) is 41.6 Å². The Morgan fingerprint density at radius 2 is 0.895 bits per heavy atom. The minimum absolute atomic E-state index is 0.00426.